The first kappa shape index (κ1) is 10.3. The lowest BCUT2D eigenvalue weighted by molar-refractivity contribution is 0.518. The van der Waals surface area contributed by atoms with Crippen LogP contribution in [-0.2, 0) is 0 Å². The van der Waals surface area contributed by atoms with Crippen molar-refractivity contribution in [2.24, 2.45) is 5.92 Å². The van der Waals surface area contributed by atoms with Gasteiger partial charge >= 0.3 is 0 Å². The van der Waals surface area contributed by atoms with Crippen LogP contribution in [0.5, 0.6) is 0 Å². The van der Waals surface area contributed by atoms with Crippen molar-refractivity contribution in [1.82, 2.24) is 4.98 Å². The summed E-state index contributed by atoms with van der Waals surface area (Å²) >= 11 is 0. The van der Waals surface area contributed by atoms with Crippen LogP contribution in [0.15, 0.2) is 18.2 Å². The van der Waals surface area contributed by atoms with E-state index in [1.54, 1.807) is 0 Å². The second kappa shape index (κ2) is 5.01. The van der Waals surface area contributed by atoms with Crippen LogP contribution in [-0.4, -0.2) is 11.5 Å². The number of hydrogen-bond donors (Lipinski definition) is 2. The van der Waals surface area contributed by atoms with Crippen molar-refractivity contribution in [2.45, 2.75) is 32.1 Å². The Balaban J connectivity index is 1.73. The summed E-state index contributed by atoms with van der Waals surface area (Å²) in [5.41, 5.74) is 5.60. The van der Waals surface area contributed by atoms with Crippen molar-refractivity contribution in [3.05, 3.63) is 18.2 Å². The molecule has 3 nitrogen and oxygen atoms in total. The summed E-state index contributed by atoms with van der Waals surface area (Å²) < 4.78 is 0. The molecule has 1 aromatic rings. The van der Waals surface area contributed by atoms with Gasteiger partial charge in [0.05, 0.1) is 0 Å². The van der Waals surface area contributed by atoms with Gasteiger partial charge in [0.15, 0.2) is 0 Å². The molecule has 0 spiro atoms. The Kier molecular flexibility index (Phi) is 3.43. The average molecular weight is 205 g/mol. The van der Waals surface area contributed by atoms with E-state index in [2.05, 4.69) is 10.3 Å². The summed E-state index contributed by atoms with van der Waals surface area (Å²) in [6, 6.07) is 5.70. The quantitative estimate of drug-likeness (QED) is 0.794. The third kappa shape index (κ3) is 3.11. The predicted octanol–water partition coefficient (Wildman–Crippen LogP) is 2.66. The second-order valence-electron chi connectivity index (χ2n) is 4.31. The summed E-state index contributed by atoms with van der Waals surface area (Å²) in [6.07, 6.45) is 6.91. The standard InChI is InChI=1S/C12H19N3/c13-11-6-3-7-12(15-11)14-9-8-10-4-1-2-5-10/h3,6-7,10H,1-2,4-5,8-9H2,(H3,13,14,15). The number of anilines is 2. The minimum absolute atomic E-state index is 0.584. The summed E-state index contributed by atoms with van der Waals surface area (Å²) in [4.78, 5) is 4.20. The number of nitrogens with zero attached hydrogens (tertiary/aromatic N) is 1. The van der Waals surface area contributed by atoms with Gasteiger partial charge in [0.2, 0.25) is 0 Å². The van der Waals surface area contributed by atoms with E-state index < -0.39 is 0 Å². The molecule has 0 atom stereocenters. The molecule has 1 aliphatic rings. The molecule has 0 bridgehead atoms. The number of nitrogens with one attached hydrogen (secondary N) is 1. The van der Waals surface area contributed by atoms with Crippen LogP contribution in [0.2, 0.25) is 0 Å². The number of rotatable bonds is 4. The first-order chi connectivity index (χ1) is 7.34. The van der Waals surface area contributed by atoms with Crippen LogP contribution < -0.4 is 11.1 Å². The molecule has 15 heavy (non-hydrogen) atoms. The van der Waals surface area contributed by atoms with E-state index in [1.165, 1.54) is 32.1 Å². The first-order valence-electron chi connectivity index (χ1n) is 5.81. The van der Waals surface area contributed by atoms with Gasteiger partial charge in [0, 0.05) is 6.54 Å². The van der Waals surface area contributed by atoms with E-state index in [9.17, 15) is 0 Å². The fourth-order valence-corrected chi connectivity index (χ4v) is 2.25. The highest BCUT2D eigenvalue weighted by molar-refractivity contribution is 5.41. The number of hydrogen-bond acceptors (Lipinski definition) is 3. The van der Waals surface area contributed by atoms with Gasteiger partial charge in [-0.25, -0.2) is 4.98 Å². The number of pyridine rings is 1. The molecule has 0 amide bonds. The molecular weight excluding hydrogens is 186 g/mol. The molecule has 0 aromatic carbocycles. The fourth-order valence-electron chi connectivity index (χ4n) is 2.25. The summed E-state index contributed by atoms with van der Waals surface area (Å²) in [7, 11) is 0. The lowest BCUT2D eigenvalue weighted by atomic mass is 10.0. The third-order valence-corrected chi connectivity index (χ3v) is 3.10. The maximum atomic E-state index is 5.60. The molecule has 82 valence electrons. The Labute approximate surface area is 91.1 Å². The van der Waals surface area contributed by atoms with Gasteiger partial charge in [0.25, 0.3) is 0 Å². The molecule has 3 heteroatoms. The summed E-state index contributed by atoms with van der Waals surface area (Å²) in [5, 5.41) is 3.32. The molecule has 0 unspecified atom stereocenters. The van der Waals surface area contributed by atoms with Crippen LogP contribution in [0.3, 0.4) is 0 Å². The van der Waals surface area contributed by atoms with E-state index in [-0.39, 0.29) is 0 Å². The molecular formula is C12H19N3. The van der Waals surface area contributed by atoms with Crippen molar-refractivity contribution in [2.75, 3.05) is 17.6 Å². The molecule has 2 rings (SSSR count). The van der Waals surface area contributed by atoms with E-state index >= 15 is 0 Å². The monoisotopic (exact) mass is 205 g/mol. The summed E-state index contributed by atoms with van der Waals surface area (Å²) in [5.74, 6) is 2.41. The zero-order chi connectivity index (χ0) is 10.5. The molecule has 1 aliphatic carbocycles. The van der Waals surface area contributed by atoms with Gasteiger partial charge in [-0.1, -0.05) is 31.7 Å². The van der Waals surface area contributed by atoms with Crippen molar-refractivity contribution in [3.63, 3.8) is 0 Å². The first-order valence-corrected chi connectivity index (χ1v) is 5.81. The van der Waals surface area contributed by atoms with E-state index in [4.69, 9.17) is 5.73 Å². The Bertz CT molecular complexity index is 305. The Morgan fingerprint density at radius 1 is 1.33 bits per heavy atom. The lowest BCUT2D eigenvalue weighted by Crippen LogP contribution is -2.08. The predicted molar refractivity (Wildman–Crippen MR) is 63.7 cm³/mol. The van der Waals surface area contributed by atoms with Crippen LogP contribution in [0.25, 0.3) is 0 Å². The fraction of sp³-hybridized carbons (Fsp3) is 0.583. The highest BCUT2D eigenvalue weighted by Gasteiger charge is 2.13. The molecule has 0 aliphatic heterocycles. The topological polar surface area (TPSA) is 50.9 Å². The molecule has 1 saturated carbocycles. The number of aromatic nitrogens is 1. The Morgan fingerprint density at radius 3 is 2.87 bits per heavy atom. The van der Waals surface area contributed by atoms with Crippen LogP contribution >= 0.6 is 0 Å². The largest absolute Gasteiger partial charge is 0.384 e. The zero-order valence-electron chi connectivity index (χ0n) is 9.08. The lowest BCUT2D eigenvalue weighted by Gasteiger charge is -2.10. The van der Waals surface area contributed by atoms with Crippen LogP contribution in [0.4, 0.5) is 11.6 Å². The molecule has 1 fully saturated rings. The van der Waals surface area contributed by atoms with Crippen molar-refractivity contribution in [3.8, 4) is 0 Å². The van der Waals surface area contributed by atoms with Gasteiger partial charge < -0.3 is 11.1 Å². The second-order valence-corrected chi connectivity index (χ2v) is 4.31. The van der Waals surface area contributed by atoms with Gasteiger partial charge in [-0.05, 0) is 24.5 Å². The zero-order valence-corrected chi connectivity index (χ0v) is 9.08. The molecule has 1 aromatic heterocycles. The van der Waals surface area contributed by atoms with Crippen molar-refractivity contribution < 1.29 is 0 Å². The van der Waals surface area contributed by atoms with Gasteiger partial charge in [-0.3, -0.25) is 0 Å². The Hall–Kier alpha value is -1.25. The summed E-state index contributed by atoms with van der Waals surface area (Å²) in [6.45, 7) is 1.02. The normalized spacial score (nSPS) is 16.8. The van der Waals surface area contributed by atoms with Gasteiger partial charge in [0.1, 0.15) is 11.6 Å². The Morgan fingerprint density at radius 2 is 2.13 bits per heavy atom. The van der Waals surface area contributed by atoms with Crippen molar-refractivity contribution in [1.29, 1.82) is 0 Å². The third-order valence-electron chi connectivity index (χ3n) is 3.10. The van der Waals surface area contributed by atoms with Crippen LogP contribution in [0, 0.1) is 5.92 Å². The van der Waals surface area contributed by atoms with Gasteiger partial charge in [-0.2, -0.15) is 0 Å². The smallest absolute Gasteiger partial charge is 0.128 e. The number of nitrogen functional groups attached to an aromatic ring is 1. The highest BCUT2D eigenvalue weighted by atomic mass is 15.0. The molecule has 0 saturated heterocycles. The van der Waals surface area contributed by atoms with E-state index in [0.717, 1.165) is 18.3 Å². The molecule has 0 radical (unpaired) electrons. The van der Waals surface area contributed by atoms with E-state index in [0.29, 0.717) is 5.82 Å². The van der Waals surface area contributed by atoms with Crippen molar-refractivity contribution >= 4 is 11.6 Å². The number of nitrogens with two attached hydrogens (primary N) is 1. The molecule has 3 N–H and O–H groups in total. The maximum Gasteiger partial charge on any atom is 0.128 e. The highest BCUT2D eigenvalue weighted by Crippen LogP contribution is 2.27. The minimum Gasteiger partial charge on any atom is -0.384 e. The SMILES string of the molecule is Nc1cccc(NCCC2CCCC2)n1. The minimum atomic E-state index is 0.584. The average Bonchev–Trinajstić information content (AvgIpc) is 2.71. The van der Waals surface area contributed by atoms with Crippen LogP contribution in [0.1, 0.15) is 32.1 Å². The van der Waals surface area contributed by atoms with Gasteiger partial charge in [-0.15, -0.1) is 0 Å². The molecule has 1 heterocycles. The maximum absolute atomic E-state index is 5.60. The van der Waals surface area contributed by atoms with E-state index in [1.807, 2.05) is 18.2 Å².